The molecule has 1 aromatic rings. The highest BCUT2D eigenvalue weighted by Gasteiger charge is 2.19. The van der Waals surface area contributed by atoms with Gasteiger partial charge < -0.3 is 9.64 Å². The smallest absolute Gasteiger partial charge is 0.233 e. The Morgan fingerprint density at radius 1 is 1.36 bits per heavy atom. The quantitative estimate of drug-likeness (QED) is 0.795. The molecule has 1 fully saturated rings. The van der Waals surface area contributed by atoms with Gasteiger partial charge in [-0.3, -0.25) is 4.79 Å². The highest BCUT2D eigenvalue weighted by atomic mass is 32.2. The van der Waals surface area contributed by atoms with Crippen molar-refractivity contribution in [3.05, 3.63) is 22.9 Å². The summed E-state index contributed by atoms with van der Waals surface area (Å²) in [7, 11) is 0. The predicted molar refractivity (Wildman–Crippen MR) is 83.7 cm³/mol. The third-order valence-electron chi connectivity index (χ3n) is 4.08. The van der Waals surface area contributed by atoms with E-state index in [1.807, 2.05) is 11.0 Å². The molecule has 3 rings (SSSR count). The molecule has 0 aromatic carbocycles. The Bertz CT molecular complexity index is 606. The van der Waals surface area contributed by atoms with Crippen molar-refractivity contribution in [2.45, 2.75) is 30.7 Å². The van der Waals surface area contributed by atoms with Crippen molar-refractivity contribution in [2.24, 2.45) is 0 Å². The third kappa shape index (κ3) is 3.42. The summed E-state index contributed by atoms with van der Waals surface area (Å²) in [6, 6.07) is 4.18. The number of aryl methyl sites for hydroxylation is 2. The number of aromatic nitrogens is 1. The molecule has 0 atom stereocenters. The van der Waals surface area contributed by atoms with Crippen molar-refractivity contribution in [1.29, 1.82) is 5.26 Å². The fraction of sp³-hybridized carbons (Fsp3) is 0.562. The number of nitriles is 1. The number of carbonyl (C=O) groups excluding carboxylic acids is 1. The summed E-state index contributed by atoms with van der Waals surface area (Å²) in [5.41, 5.74) is 2.90. The molecule has 116 valence electrons. The summed E-state index contributed by atoms with van der Waals surface area (Å²) in [5, 5.41) is 10.0. The molecule has 1 aromatic heterocycles. The fourth-order valence-electron chi connectivity index (χ4n) is 2.84. The molecule has 6 heteroatoms. The van der Waals surface area contributed by atoms with Gasteiger partial charge in [0, 0.05) is 18.8 Å². The lowest BCUT2D eigenvalue weighted by Crippen LogP contribution is -2.41. The van der Waals surface area contributed by atoms with E-state index < -0.39 is 0 Å². The maximum Gasteiger partial charge on any atom is 0.233 e. The second-order valence-electron chi connectivity index (χ2n) is 5.55. The number of hydrogen-bond acceptors (Lipinski definition) is 5. The predicted octanol–water partition coefficient (Wildman–Crippen LogP) is 1.78. The van der Waals surface area contributed by atoms with E-state index in [-0.39, 0.29) is 5.91 Å². The van der Waals surface area contributed by atoms with Gasteiger partial charge >= 0.3 is 0 Å². The zero-order valence-electron chi connectivity index (χ0n) is 12.5. The zero-order valence-corrected chi connectivity index (χ0v) is 13.3. The first kappa shape index (κ1) is 15.3. The maximum atomic E-state index is 12.2. The minimum Gasteiger partial charge on any atom is -0.378 e. The monoisotopic (exact) mass is 317 g/mol. The Morgan fingerprint density at radius 2 is 2.14 bits per heavy atom. The van der Waals surface area contributed by atoms with Crippen LogP contribution >= 0.6 is 11.8 Å². The van der Waals surface area contributed by atoms with Gasteiger partial charge in [-0.05, 0) is 37.3 Å². The second kappa shape index (κ2) is 7.12. The summed E-state index contributed by atoms with van der Waals surface area (Å²) in [6.07, 6.45) is 4.31. The number of thioether (sulfide) groups is 1. The topological polar surface area (TPSA) is 66.2 Å². The van der Waals surface area contributed by atoms with Crippen LogP contribution in [0.15, 0.2) is 11.1 Å². The lowest BCUT2D eigenvalue weighted by Gasteiger charge is -2.26. The summed E-state index contributed by atoms with van der Waals surface area (Å²) < 4.78 is 5.26. The van der Waals surface area contributed by atoms with Crippen LogP contribution in [0.5, 0.6) is 0 Å². The first-order valence-corrected chi connectivity index (χ1v) is 8.67. The number of carbonyl (C=O) groups is 1. The van der Waals surface area contributed by atoms with E-state index in [9.17, 15) is 10.1 Å². The number of pyridine rings is 1. The van der Waals surface area contributed by atoms with E-state index in [1.165, 1.54) is 23.7 Å². The Morgan fingerprint density at radius 3 is 2.91 bits per heavy atom. The standard InChI is InChI=1S/C16H19N3O2S/c17-10-13-9-12-3-1-2-4-14(12)18-16(13)22-11-15(20)19-5-7-21-8-6-19/h9H,1-8,11H2. The lowest BCUT2D eigenvalue weighted by molar-refractivity contribution is -0.132. The van der Waals surface area contributed by atoms with Crippen LogP contribution in [0.1, 0.15) is 29.7 Å². The van der Waals surface area contributed by atoms with Gasteiger partial charge in [0.25, 0.3) is 0 Å². The van der Waals surface area contributed by atoms with E-state index >= 15 is 0 Å². The summed E-state index contributed by atoms with van der Waals surface area (Å²) in [4.78, 5) is 18.7. The van der Waals surface area contributed by atoms with E-state index in [1.54, 1.807) is 0 Å². The van der Waals surface area contributed by atoms with Crippen LogP contribution in [0.2, 0.25) is 0 Å². The molecule has 1 aliphatic heterocycles. The Balaban J connectivity index is 1.69. The number of hydrogen-bond donors (Lipinski definition) is 0. The molecule has 0 saturated carbocycles. The number of nitrogens with zero attached hydrogens (tertiary/aromatic N) is 3. The number of fused-ring (bicyclic) bond motifs is 1. The van der Waals surface area contributed by atoms with Crippen molar-refractivity contribution in [2.75, 3.05) is 32.1 Å². The molecular formula is C16H19N3O2S. The minimum absolute atomic E-state index is 0.0942. The van der Waals surface area contributed by atoms with Crippen LogP contribution in [-0.2, 0) is 22.4 Å². The average Bonchev–Trinajstić information content (AvgIpc) is 2.59. The van der Waals surface area contributed by atoms with Crippen molar-refractivity contribution < 1.29 is 9.53 Å². The van der Waals surface area contributed by atoms with Crippen molar-refractivity contribution >= 4 is 17.7 Å². The molecule has 0 bridgehead atoms. The number of rotatable bonds is 3. The van der Waals surface area contributed by atoms with Gasteiger partial charge in [-0.25, -0.2) is 4.98 Å². The van der Waals surface area contributed by atoms with E-state index in [0.717, 1.165) is 25.0 Å². The average molecular weight is 317 g/mol. The molecule has 0 spiro atoms. The van der Waals surface area contributed by atoms with Crippen LogP contribution in [0, 0.1) is 11.3 Å². The van der Waals surface area contributed by atoms with Crippen LogP contribution in [0.3, 0.4) is 0 Å². The van der Waals surface area contributed by atoms with E-state index in [4.69, 9.17) is 4.74 Å². The molecule has 0 radical (unpaired) electrons. The van der Waals surface area contributed by atoms with Crippen LogP contribution in [0.25, 0.3) is 0 Å². The SMILES string of the molecule is N#Cc1cc2c(nc1SCC(=O)N1CCOCC1)CCCC2. The van der Waals surface area contributed by atoms with E-state index in [0.29, 0.717) is 42.6 Å². The summed E-state index contributed by atoms with van der Waals surface area (Å²) >= 11 is 1.38. The second-order valence-corrected chi connectivity index (χ2v) is 6.51. The van der Waals surface area contributed by atoms with Gasteiger partial charge in [0.15, 0.2) is 0 Å². The van der Waals surface area contributed by atoms with Gasteiger partial charge in [0.05, 0.1) is 24.5 Å². The molecule has 1 amide bonds. The van der Waals surface area contributed by atoms with Gasteiger partial charge in [-0.15, -0.1) is 0 Å². The van der Waals surface area contributed by atoms with Gasteiger partial charge in [0.1, 0.15) is 11.1 Å². The Kier molecular flexibility index (Phi) is 4.96. The highest BCUT2D eigenvalue weighted by Crippen LogP contribution is 2.27. The van der Waals surface area contributed by atoms with Crippen LogP contribution in [0.4, 0.5) is 0 Å². The molecule has 5 nitrogen and oxygen atoms in total. The normalized spacial score (nSPS) is 17.7. The molecule has 0 N–H and O–H groups in total. The summed E-state index contributed by atoms with van der Waals surface area (Å²) in [6.45, 7) is 2.53. The minimum atomic E-state index is 0.0942. The summed E-state index contributed by atoms with van der Waals surface area (Å²) in [5.74, 6) is 0.428. The maximum absolute atomic E-state index is 12.2. The van der Waals surface area contributed by atoms with Gasteiger partial charge in [-0.2, -0.15) is 5.26 Å². The fourth-order valence-corrected chi connectivity index (χ4v) is 3.72. The van der Waals surface area contributed by atoms with Gasteiger partial charge in [-0.1, -0.05) is 11.8 Å². The van der Waals surface area contributed by atoms with Crippen molar-refractivity contribution in [3.8, 4) is 6.07 Å². The Labute approximate surface area is 134 Å². The number of ether oxygens (including phenoxy) is 1. The van der Waals surface area contributed by atoms with Gasteiger partial charge in [0.2, 0.25) is 5.91 Å². The van der Waals surface area contributed by atoms with Crippen LogP contribution in [-0.4, -0.2) is 47.8 Å². The molecular weight excluding hydrogens is 298 g/mol. The third-order valence-corrected chi connectivity index (χ3v) is 5.06. The lowest BCUT2D eigenvalue weighted by atomic mass is 9.95. The van der Waals surface area contributed by atoms with E-state index in [2.05, 4.69) is 11.1 Å². The number of amides is 1. The largest absolute Gasteiger partial charge is 0.378 e. The Hall–Kier alpha value is -1.58. The molecule has 2 aliphatic rings. The molecule has 1 saturated heterocycles. The number of morpholine rings is 1. The molecule has 0 unspecified atom stereocenters. The van der Waals surface area contributed by atoms with Crippen LogP contribution < -0.4 is 0 Å². The highest BCUT2D eigenvalue weighted by molar-refractivity contribution is 7.99. The first-order chi connectivity index (χ1) is 10.8. The molecule has 1 aliphatic carbocycles. The van der Waals surface area contributed by atoms with Crippen molar-refractivity contribution in [3.63, 3.8) is 0 Å². The molecule has 22 heavy (non-hydrogen) atoms. The van der Waals surface area contributed by atoms with Crippen molar-refractivity contribution in [1.82, 2.24) is 9.88 Å². The zero-order chi connectivity index (χ0) is 15.4. The first-order valence-electron chi connectivity index (χ1n) is 7.69. The molecule has 2 heterocycles.